The Morgan fingerprint density at radius 2 is 1.89 bits per heavy atom. The van der Waals surface area contributed by atoms with E-state index in [0.29, 0.717) is 10.6 Å². The minimum absolute atomic E-state index is 0.163. The van der Waals surface area contributed by atoms with Crippen LogP contribution in [0.5, 0.6) is 0 Å². The standard InChI is InChI=1S/C14H20ClNO3/c1-14(2,3)19-13(18)16(4)9-12(17)10-5-7-11(15)8-6-10/h5-8,12,17H,9H2,1-4H3. The van der Waals surface area contributed by atoms with E-state index in [0.717, 1.165) is 0 Å². The van der Waals surface area contributed by atoms with Gasteiger partial charge in [-0.3, -0.25) is 0 Å². The van der Waals surface area contributed by atoms with E-state index in [1.165, 1.54) is 4.90 Å². The van der Waals surface area contributed by atoms with E-state index in [4.69, 9.17) is 16.3 Å². The summed E-state index contributed by atoms with van der Waals surface area (Å²) in [4.78, 5) is 13.1. The fourth-order valence-corrected chi connectivity index (χ4v) is 1.59. The Bertz CT molecular complexity index is 425. The zero-order chi connectivity index (χ0) is 14.6. The van der Waals surface area contributed by atoms with Crippen molar-refractivity contribution in [2.75, 3.05) is 13.6 Å². The molecule has 1 aromatic carbocycles. The third-order valence-electron chi connectivity index (χ3n) is 2.41. The number of hydrogen-bond donors (Lipinski definition) is 1. The summed E-state index contributed by atoms with van der Waals surface area (Å²) in [5.41, 5.74) is 0.163. The molecule has 0 saturated carbocycles. The van der Waals surface area contributed by atoms with Crippen molar-refractivity contribution < 1.29 is 14.6 Å². The molecule has 0 saturated heterocycles. The molecule has 19 heavy (non-hydrogen) atoms. The predicted molar refractivity (Wildman–Crippen MR) is 75.3 cm³/mol. The third kappa shape index (κ3) is 5.49. The lowest BCUT2D eigenvalue weighted by molar-refractivity contribution is 0.0205. The number of halogens is 1. The Hall–Kier alpha value is -1.26. The second-order valence-electron chi connectivity index (χ2n) is 5.43. The van der Waals surface area contributed by atoms with E-state index in [2.05, 4.69) is 0 Å². The molecular weight excluding hydrogens is 266 g/mol. The number of likely N-dealkylation sites (N-methyl/N-ethyl adjacent to an activating group) is 1. The zero-order valence-electron chi connectivity index (χ0n) is 11.7. The molecule has 1 amide bonds. The van der Waals surface area contributed by atoms with Gasteiger partial charge in [0.05, 0.1) is 12.6 Å². The van der Waals surface area contributed by atoms with E-state index in [9.17, 15) is 9.90 Å². The Morgan fingerprint density at radius 1 is 1.37 bits per heavy atom. The molecule has 0 aromatic heterocycles. The molecule has 1 aromatic rings. The van der Waals surface area contributed by atoms with E-state index >= 15 is 0 Å². The number of benzene rings is 1. The van der Waals surface area contributed by atoms with Crippen molar-refractivity contribution in [2.24, 2.45) is 0 Å². The zero-order valence-corrected chi connectivity index (χ0v) is 12.4. The molecule has 1 atom stereocenters. The number of aliphatic hydroxyl groups excluding tert-OH is 1. The number of nitrogens with zero attached hydrogens (tertiary/aromatic N) is 1. The van der Waals surface area contributed by atoms with E-state index < -0.39 is 17.8 Å². The lowest BCUT2D eigenvalue weighted by atomic mass is 10.1. The molecule has 0 aliphatic rings. The van der Waals surface area contributed by atoms with Crippen molar-refractivity contribution in [3.05, 3.63) is 34.9 Å². The molecule has 0 bridgehead atoms. The maximum Gasteiger partial charge on any atom is 0.410 e. The van der Waals surface area contributed by atoms with Crippen molar-refractivity contribution >= 4 is 17.7 Å². The van der Waals surface area contributed by atoms with Gasteiger partial charge in [0, 0.05) is 12.1 Å². The van der Waals surface area contributed by atoms with Crippen molar-refractivity contribution in [1.82, 2.24) is 4.90 Å². The molecule has 0 radical (unpaired) electrons. The molecule has 0 aliphatic carbocycles. The van der Waals surface area contributed by atoms with Crippen LogP contribution < -0.4 is 0 Å². The summed E-state index contributed by atoms with van der Waals surface area (Å²) in [7, 11) is 1.59. The first-order chi connectivity index (χ1) is 8.69. The van der Waals surface area contributed by atoms with Crippen LogP contribution in [-0.2, 0) is 4.74 Å². The van der Waals surface area contributed by atoms with E-state index in [1.54, 1.807) is 52.1 Å². The monoisotopic (exact) mass is 285 g/mol. The molecule has 5 heteroatoms. The molecule has 0 fully saturated rings. The summed E-state index contributed by atoms with van der Waals surface area (Å²) >= 11 is 5.78. The smallest absolute Gasteiger partial charge is 0.410 e. The number of hydrogen-bond acceptors (Lipinski definition) is 3. The molecule has 1 unspecified atom stereocenters. The molecular formula is C14H20ClNO3. The van der Waals surface area contributed by atoms with Crippen LogP contribution >= 0.6 is 11.6 Å². The van der Waals surface area contributed by atoms with Gasteiger partial charge in [-0.05, 0) is 38.5 Å². The second kappa shape index (κ2) is 6.26. The number of carbonyl (C=O) groups excluding carboxylic acids is 1. The Morgan fingerprint density at radius 3 is 2.37 bits per heavy atom. The van der Waals surface area contributed by atoms with Crippen LogP contribution in [0, 0.1) is 0 Å². The lowest BCUT2D eigenvalue weighted by Crippen LogP contribution is -2.36. The molecule has 0 heterocycles. The minimum Gasteiger partial charge on any atom is -0.444 e. The number of ether oxygens (including phenoxy) is 1. The first kappa shape index (κ1) is 15.8. The summed E-state index contributed by atoms with van der Waals surface area (Å²) in [5, 5.41) is 10.6. The fraction of sp³-hybridized carbons (Fsp3) is 0.500. The van der Waals surface area contributed by atoms with Gasteiger partial charge in [-0.15, -0.1) is 0 Å². The van der Waals surface area contributed by atoms with Gasteiger partial charge in [0.1, 0.15) is 5.60 Å². The third-order valence-corrected chi connectivity index (χ3v) is 2.66. The first-order valence-electron chi connectivity index (χ1n) is 6.06. The van der Waals surface area contributed by atoms with Crippen molar-refractivity contribution in [3.8, 4) is 0 Å². The molecule has 0 spiro atoms. The fourth-order valence-electron chi connectivity index (χ4n) is 1.46. The van der Waals surface area contributed by atoms with Crippen LogP contribution in [-0.4, -0.2) is 35.3 Å². The van der Waals surface area contributed by atoms with Gasteiger partial charge in [-0.2, -0.15) is 0 Å². The Labute approximate surface area is 118 Å². The SMILES string of the molecule is CN(CC(O)c1ccc(Cl)cc1)C(=O)OC(C)(C)C. The Balaban J connectivity index is 2.59. The largest absolute Gasteiger partial charge is 0.444 e. The van der Waals surface area contributed by atoms with Crippen LogP contribution in [0.2, 0.25) is 5.02 Å². The summed E-state index contributed by atoms with van der Waals surface area (Å²) in [6.07, 6.45) is -1.23. The minimum atomic E-state index is -0.769. The van der Waals surface area contributed by atoms with Gasteiger partial charge in [-0.1, -0.05) is 23.7 Å². The average Bonchev–Trinajstić information content (AvgIpc) is 2.27. The van der Waals surface area contributed by atoms with Crippen molar-refractivity contribution in [1.29, 1.82) is 0 Å². The first-order valence-corrected chi connectivity index (χ1v) is 6.44. The van der Waals surface area contributed by atoms with Gasteiger partial charge in [0.2, 0.25) is 0 Å². The van der Waals surface area contributed by atoms with Gasteiger partial charge in [-0.25, -0.2) is 4.79 Å². The van der Waals surface area contributed by atoms with E-state index in [1.807, 2.05) is 0 Å². The number of amides is 1. The highest BCUT2D eigenvalue weighted by molar-refractivity contribution is 6.30. The highest BCUT2D eigenvalue weighted by Crippen LogP contribution is 2.18. The quantitative estimate of drug-likeness (QED) is 0.927. The maximum absolute atomic E-state index is 11.8. The molecule has 1 rings (SSSR count). The van der Waals surface area contributed by atoms with Gasteiger partial charge < -0.3 is 14.7 Å². The van der Waals surface area contributed by atoms with Gasteiger partial charge in [0.15, 0.2) is 0 Å². The predicted octanol–water partition coefficient (Wildman–Crippen LogP) is 3.24. The highest BCUT2D eigenvalue weighted by Gasteiger charge is 2.21. The second-order valence-corrected chi connectivity index (χ2v) is 5.86. The van der Waals surface area contributed by atoms with Crippen LogP contribution in [0.25, 0.3) is 0 Å². The van der Waals surface area contributed by atoms with Crippen LogP contribution in [0.1, 0.15) is 32.4 Å². The summed E-state index contributed by atoms with van der Waals surface area (Å²) in [6.45, 7) is 5.56. The van der Waals surface area contributed by atoms with Crippen LogP contribution in [0.15, 0.2) is 24.3 Å². The van der Waals surface area contributed by atoms with Gasteiger partial charge in [0.25, 0.3) is 0 Å². The number of aliphatic hydroxyl groups is 1. The topological polar surface area (TPSA) is 49.8 Å². The van der Waals surface area contributed by atoms with Crippen LogP contribution in [0.3, 0.4) is 0 Å². The molecule has 4 nitrogen and oxygen atoms in total. The normalized spacial score (nSPS) is 12.9. The summed E-state index contributed by atoms with van der Waals surface area (Å²) in [5.74, 6) is 0. The van der Waals surface area contributed by atoms with Gasteiger partial charge >= 0.3 is 6.09 Å². The van der Waals surface area contributed by atoms with Crippen LogP contribution in [0.4, 0.5) is 4.79 Å². The van der Waals surface area contributed by atoms with E-state index in [-0.39, 0.29) is 6.54 Å². The number of carbonyl (C=O) groups is 1. The summed E-state index contributed by atoms with van der Waals surface area (Å²) in [6, 6.07) is 6.87. The molecule has 106 valence electrons. The van der Waals surface area contributed by atoms with Crippen molar-refractivity contribution in [2.45, 2.75) is 32.5 Å². The molecule has 1 N–H and O–H groups in total. The van der Waals surface area contributed by atoms with Crippen molar-refractivity contribution in [3.63, 3.8) is 0 Å². The highest BCUT2D eigenvalue weighted by atomic mass is 35.5. The summed E-state index contributed by atoms with van der Waals surface area (Å²) < 4.78 is 5.21. The average molecular weight is 286 g/mol. The molecule has 0 aliphatic heterocycles. The maximum atomic E-state index is 11.8. The lowest BCUT2D eigenvalue weighted by Gasteiger charge is -2.26. The Kier molecular flexibility index (Phi) is 5.20. The number of rotatable bonds is 3.